The van der Waals surface area contributed by atoms with Crippen molar-refractivity contribution in [3.8, 4) is 0 Å². The largest absolute Gasteiger partial charge is 0.478 e. The highest BCUT2D eigenvalue weighted by Gasteiger charge is 2.24. The number of carbonyl (C=O) groups is 1. The smallest absolute Gasteiger partial charge is 0.337 e. The Hall–Kier alpha value is -2.34. The lowest BCUT2D eigenvalue weighted by Crippen LogP contribution is -2.28. The minimum Gasteiger partial charge on any atom is -0.478 e. The monoisotopic (exact) mass is 333 g/mol. The standard InChI is InChI=1S/C17H19NO4S/c1-12(2)13-8-10-14(11-9-13)23(21,22)18(3)16-7-5-4-6-15(16)17(19)20/h4-12H,1-3H3,(H,19,20). The van der Waals surface area contributed by atoms with Crippen molar-refractivity contribution in [1.29, 1.82) is 0 Å². The van der Waals surface area contributed by atoms with Gasteiger partial charge >= 0.3 is 5.97 Å². The molecule has 0 atom stereocenters. The molecule has 0 fully saturated rings. The number of sulfonamides is 1. The van der Waals surface area contributed by atoms with Gasteiger partial charge in [-0.25, -0.2) is 13.2 Å². The lowest BCUT2D eigenvalue weighted by Gasteiger charge is -2.21. The average molecular weight is 333 g/mol. The summed E-state index contributed by atoms with van der Waals surface area (Å²) in [5, 5.41) is 9.23. The van der Waals surface area contributed by atoms with Crippen molar-refractivity contribution in [2.75, 3.05) is 11.4 Å². The number of nitrogens with zero attached hydrogens (tertiary/aromatic N) is 1. The van der Waals surface area contributed by atoms with Crippen LogP contribution < -0.4 is 4.31 Å². The van der Waals surface area contributed by atoms with E-state index in [0.717, 1.165) is 9.87 Å². The number of carboxylic acid groups (broad SMARTS) is 1. The van der Waals surface area contributed by atoms with Gasteiger partial charge in [0.25, 0.3) is 10.0 Å². The van der Waals surface area contributed by atoms with Gasteiger partial charge in [-0.05, 0) is 35.7 Å². The molecule has 23 heavy (non-hydrogen) atoms. The highest BCUT2D eigenvalue weighted by atomic mass is 32.2. The maximum absolute atomic E-state index is 12.7. The van der Waals surface area contributed by atoms with Gasteiger partial charge in [-0.15, -0.1) is 0 Å². The molecule has 2 aromatic rings. The predicted molar refractivity (Wildman–Crippen MR) is 89.5 cm³/mol. The summed E-state index contributed by atoms with van der Waals surface area (Å²) < 4.78 is 26.4. The minimum absolute atomic E-state index is 0.0580. The number of aromatic carboxylic acids is 1. The molecular weight excluding hydrogens is 314 g/mol. The van der Waals surface area contributed by atoms with Gasteiger partial charge in [-0.1, -0.05) is 38.1 Å². The molecule has 0 spiro atoms. The first kappa shape index (κ1) is 17.0. The molecule has 5 nitrogen and oxygen atoms in total. The second kappa shape index (κ2) is 6.42. The molecule has 0 aliphatic heterocycles. The van der Waals surface area contributed by atoms with E-state index < -0.39 is 16.0 Å². The first-order valence-corrected chi connectivity index (χ1v) is 8.60. The molecule has 0 aliphatic carbocycles. The number of rotatable bonds is 5. The molecule has 1 N–H and O–H groups in total. The molecule has 0 amide bonds. The van der Waals surface area contributed by atoms with E-state index in [1.165, 1.54) is 19.2 Å². The summed E-state index contributed by atoms with van der Waals surface area (Å²) in [7, 11) is -2.47. The van der Waals surface area contributed by atoms with Crippen molar-refractivity contribution in [2.45, 2.75) is 24.7 Å². The van der Waals surface area contributed by atoms with Crippen molar-refractivity contribution in [3.05, 3.63) is 59.7 Å². The summed E-state index contributed by atoms with van der Waals surface area (Å²) in [5.41, 5.74) is 1.11. The van der Waals surface area contributed by atoms with Gasteiger partial charge in [0.05, 0.1) is 16.1 Å². The molecule has 0 radical (unpaired) electrons. The van der Waals surface area contributed by atoms with Crippen LogP contribution in [-0.4, -0.2) is 26.5 Å². The molecule has 122 valence electrons. The average Bonchev–Trinajstić information content (AvgIpc) is 2.54. The number of benzene rings is 2. The zero-order valence-corrected chi connectivity index (χ0v) is 14.0. The Labute approximate surface area is 136 Å². The molecular formula is C17H19NO4S. The van der Waals surface area contributed by atoms with Crippen LogP contribution in [0.4, 0.5) is 5.69 Å². The third kappa shape index (κ3) is 3.37. The summed E-state index contributed by atoms with van der Waals surface area (Å²) in [6.07, 6.45) is 0. The highest BCUT2D eigenvalue weighted by Crippen LogP contribution is 2.26. The fourth-order valence-corrected chi connectivity index (χ4v) is 3.46. The number of hydrogen-bond donors (Lipinski definition) is 1. The van der Waals surface area contributed by atoms with Crippen LogP contribution in [0.2, 0.25) is 0 Å². The van der Waals surface area contributed by atoms with Crippen LogP contribution in [0, 0.1) is 0 Å². The molecule has 2 aromatic carbocycles. The Morgan fingerprint density at radius 1 is 1.04 bits per heavy atom. The molecule has 0 bridgehead atoms. The van der Waals surface area contributed by atoms with Gasteiger partial charge in [0.1, 0.15) is 0 Å². The quantitative estimate of drug-likeness (QED) is 0.910. The summed E-state index contributed by atoms with van der Waals surface area (Å²) >= 11 is 0. The molecule has 0 aliphatic rings. The zero-order chi connectivity index (χ0) is 17.2. The molecule has 0 saturated carbocycles. The third-order valence-electron chi connectivity index (χ3n) is 3.68. The Bertz CT molecular complexity index is 811. The van der Waals surface area contributed by atoms with Crippen LogP contribution in [0.1, 0.15) is 35.7 Å². The number of anilines is 1. The second-order valence-electron chi connectivity index (χ2n) is 5.52. The Morgan fingerprint density at radius 3 is 2.13 bits per heavy atom. The molecule has 0 unspecified atom stereocenters. The van der Waals surface area contributed by atoms with Gasteiger partial charge < -0.3 is 5.11 Å². The molecule has 0 heterocycles. The number of hydrogen-bond acceptors (Lipinski definition) is 3. The molecule has 6 heteroatoms. The van der Waals surface area contributed by atoms with E-state index in [1.54, 1.807) is 36.4 Å². The first-order valence-electron chi connectivity index (χ1n) is 7.16. The summed E-state index contributed by atoms with van der Waals surface area (Å²) in [6, 6.07) is 12.7. The maximum atomic E-state index is 12.7. The van der Waals surface area contributed by atoms with E-state index in [0.29, 0.717) is 5.92 Å². The Balaban J connectivity index is 2.45. The van der Waals surface area contributed by atoms with E-state index in [1.807, 2.05) is 13.8 Å². The highest BCUT2D eigenvalue weighted by molar-refractivity contribution is 7.92. The fraction of sp³-hybridized carbons (Fsp3) is 0.235. The first-order chi connectivity index (χ1) is 10.7. The zero-order valence-electron chi connectivity index (χ0n) is 13.2. The molecule has 2 rings (SSSR count). The number of para-hydroxylation sites is 1. The van der Waals surface area contributed by atoms with Crippen LogP contribution in [0.25, 0.3) is 0 Å². The van der Waals surface area contributed by atoms with E-state index in [4.69, 9.17) is 0 Å². The van der Waals surface area contributed by atoms with E-state index in [2.05, 4.69) is 0 Å². The van der Waals surface area contributed by atoms with Crippen LogP contribution in [0.3, 0.4) is 0 Å². The third-order valence-corrected chi connectivity index (χ3v) is 5.46. The number of carboxylic acids is 1. The van der Waals surface area contributed by atoms with Crippen molar-refractivity contribution in [3.63, 3.8) is 0 Å². The minimum atomic E-state index is -3.82. The van der Waals surface area contributed by atoms with Crippen LogP contribution in [0.5, 0.6) is 0 Å². The van der Waals surface area contributed by atoms with Crippen molar-refractivity contribution in [1.82, 2.24) is 0 Å². The lowest BCUT2D eigenvalue weighted by molar-refractivity contribution is 0.0698. The lowest BCUT2D eigenvalue weighted by atomic mass is 10.0. The van der Waals surface area contributed by atoms with Crippen molar-refractivity contribution >= 4 is 21.7 Å². The Kier molecular flexibility index (Phi) is 4.75. The summed E-state index contributed by atoms with van der Waals surface area (Å²) in [4.78, 5) is 11.4. The van der Waals surface area contributed by atoms with E-state index in [-0.39, 0.29) is 16.1 Å². The summed E-state index contributed by atoms with van der Waals surface area (Å²) in [6.45, 7) is 4.05. The van der Waals surface area contributed by atoms with Crippen LogP contribution >= 0.6 is 0 Å². The predicted octanol–water partition coefficient (Wildman–Crippen LogP) is 3.33. The second-order valence-corrected chi connectivity index (χ2v) is 7.49. The fourth-order valence-electron chi connectivity index (χ4n) is 2.24. The van der Waals surface area contributed by atoms with Crippen LogP contribution in [-0.2, 0) is 10.0 Å². The maximum Gasteiger partial charge on any atom is 0.337 e. The van der Waals surface area contributed by atoms with E-state index >= 15 is 0 Å². The Morgan fingerprint density at radius 2 is 1.61 bits per heavy atom. The topological polar surface area (TPSA) is 74.7 Å². The van der Waals surface area contributed by atoms with Gasteiger partial charge in [-0.3, -0.25) is 4.31 Å². The molecule has 0 saturated heterocycles. The molecule has 0 aromatic heterocycles. The van der Waals surface area contributed by atoms with Crippen LogP contribution in [0.15, 0.2) is 53.4 Å². The van der Waals surface area contributed by atoms with Gasteiger partial charge in [-0.2, -0.15) is 0 Å². The van der Waals surface area contributed by atoms with E-state index in [9.17, 15) is 18.3 Å². The summed E-state index contributed by atoms with van der Waals surface area (Å²) in [5.74, 6) is -0.866. The SMILES string of the molecule is CC(C)c1ccc(S(=O)(=O)N(C)c2ccccc2C(=O)O)cc1. The van der Waals surface area contributed by atoms with Gasteiger partial charge in [0.2, 0.25) is 0 Å². The van der Waals surface area contributed by atoms with Gasteiger partial charge in [0.15, 0.2) is 0 Å². The van der Waals surface area contributed by atoms with Crippen molar-refractivity contribution < 1.29 is 18.3 Å². The normalized spacial score (nSPS) is 11.5. The van der Waals surface area contributed by atoms with Crippen molar-refractivity contribution in [2.24, 2.45) is 0 Å². The van der Waals surface area contributed by atoms with Gasteiger partial charge in [0, 0.05) is 7.05 Å².